The standard InChI is InChI=1S/C13H6Cl3F3N2O/c1-2-5-22-12-7(13(17,18)19)6-20-21(12)9-4-3-8(14)10(15)11(9)16/h1,3-4,6H,5H2. The van der Waals surface area contributed by atoms with Crippen LogP contribution in [0, 0.1) is 12.3 Å². The van der Waals surface area contributed by atoms with Gasteiger partial charge in [0, 0.05) is 0 Å². The Hall–Kier alpha value is -1.55. The van der Waals surface area contributed by atoms with Crippen LogP contribution in [0.4, 0.5) is 13.2 Å². The number of terminal acetylenes is 1. The molecule has 0 atom stereocenters. The smallest absolute Gasteiger partial charge is 0.423 e. The van der Waals surface area contributed by atoms with E-state index in [1.165, 1.54) is 12.1 Å². The molecule has 1 aromatic heterocycles. The van der Waals surface area contributed by atoms with Gasteiger partial charge in [-0.1, -0.05) is 40.7 Å². The molecule has 0 amide bonds. The van der Waals surface area contributed by atoms with Crippen molar-refractivity contribution in [3.05, 3.63) is 39.0 Å². The number of alkyl halides is 3. The number of benzene rings is 1. The Morgan fingerprint density at radius 3 is 2.50 bits per heavy atom. The molecule has 2 rings (SSSR count). The van der Waals surface area contributed by atoms with Crippen LogP contribution in [0.2, 0.25) is 15.1 Å². The number of nitrogens with zero attached hydrogens (tertiary/aromatic N) is 2. The van der Waals surface area contributed by atoms with Gasteiger partial charge in [-0.3, -0.25) is 0 Å². The summed E-state index contributed by atoms with van der Waals surface area (Å²) in [5.74, 6) is 1.51. The quantitative estimate of drug-likeness (QED) is 0.570. The number of ether oxygens (including phenoxy) is 1. The summed E-state index contributed by atoms with van der Waals surface area (Å²) in [5, 5.41) is 3.75. The lowest BCUT2D eigenvalue weighted by molar-refractivity contribution is -0.138. The van der Waals surface area contributed by atoms with E-state index in [-0.39, 0.29) is 27.4 Å². The van der Waals surface area contributed by atoms with Gasteiger partial charge in [0.25, 0.3) is 0 Å². The number of hydrogen-bond donors (Lipinski definition) is 0. The second-order valence-electron chi connectivity index (χ2n) is 3.96. The summed E-state index contributed by atoms with van der Waals surface area (Å²) >= 11 is 17.7. The van der Waals surface area contributed by atoms with E-state index >= 15 is 0 Å². The summed E-state index contributed by atoms with van der Waals surface area (Å²) in [5.41, 5.74) is -0.997. The lowest BCUT2D eigenvalue weighted by Gasteiger charge is -2.13. The van der Waals surface area contributed by atoms with Crippen LogP contribution < -0.4 is 4.74 Å². The fourth-order valence-corrected chi connectivity index (χ4v) is 2.24. The summed E-state index contributed by atoms with van der Waals surface area (Å²) < 4.78 is 44.8. The van der Waals surface area contributed by atoms with Gasteiger partial charge < -0.3 is 4.74 Å². The van der Waals surface area contributed by atoms with Gasteiger partial charge in [-0.25, -0.2) is 0 Å². The fraction of sp³-hybridized carbons (Fsp3) is 0.154. The van der Waals surface area contributed by atoms with E-state index < -0.39 is 17.6 Å². The Morgan fingerprint density at radius 1 is 1.23 bits per heavy atom. The van der Waals surface area contributed by atoms with Gasteiger partial charge >= 0.3 is 6.18 Å². The molecule has 3 nitrogen and oxygen atoms in total. The van der Waals surface area contributed by atoms with Crippen molar-refractivity contribution in [3.63, 3.8) is 0 Å². The monoisotopic (exact) mass is 368 g/mol. The molecule has 0 saturated heterocycles. The lowest BCUT2D eigenvalue weighted by Crippen LogP contribution is -2.10. The number of rotatable bonds is 3. The van der Waals surface area contributed by atoms with Gasteiger partial charge in [0.05, 0.1) is 27.0 Å². The van der Waals surface area contributed by atoms with Crippen molar-refractivity contribution in [1.29, 1.82) is 0 Å². The average Bonchev–Trinajstić information content (AvgIpc) is 2.86. The van der Waals surface area contributed by atoms with Gasteiger partial charge in [0.1, 0.15) is 5.56 Å². The second-order valence-corrected chi connectivity index (χ2v) is 5.12. The minimum atomic E-state index is -4.66. The first kappa shape index (κ1) is 16.8. The van der Waals surface area contributed by atoms with E-state index in [2.05, 4.69) is 11.0 Å². The zero-order valence-electron chi connectivity index (χ0n) is 10.6. The van der Waals surface area contributed by atoms with Crippen LogP contribution in [0.5, 0.6) is 5.88 Å². The van der Waals surface area contributed by atoms with Gasteiger partial charge in [-0.2, -0.15) is 23.0 Å². The van der Waals surface area contributed by atoms with Crippen molar-refractivity contribution in [3.8, 4) is 23.9 Å². The fourth-order valence-electron chi connectivity index (χ4n) is 1.63. The molecule has 0 bridgehead atoms. The molecule has 0 aliphatic rings. The molecule has 0 radical (unpaired) electrons. The van der Waals surface area contributed by atoms with Crippen molar-refractivity contribution < 1.29 is 17.9 Å². The average molecular weight is 370 g/mol. The van der Waals surface area contributed by atoms with Crippen molar-refractivity contribution in [1.82, 2.24) is 9.78 Å². The van der Waals surface area contributed by atoms with E-state index in [1.807, 2.05) is 0 Å². The highest BCUT2D eigenvalue weighted by molar-refractivity contribution is 6.48. The molecule has 116 valence electrons. The van der Waals surface area contributed by atoms with E-state index in [0.717, 1.165) is 4.68 Å². The third-order valence-electron chi connectivity index (χ3n) is 2.57. The summed E-state index contributed by atoms with van der Waals surface area (Å²) in [6, 6.07) is 2.75. The predicted molar refractivity (Wildman–Crippen MR) is 77.9 cm³/mol. The first-order valence-corrected chi connectivity index (χ1v) is 6.76. The number of aromatic nitrogens is 2. The van der Waals surface area contributed by atoms with Crippen molar-refractivity contribution >= 4 is 34.8 Å². The van der Waals surface area contributed by atoms with Crippen LogP contribution in [-0.4, -0.2) is 16.4 Å². The number of hydrogen-bond acceptors (Lipinski definition) is 2. The van der Waals surface area contributed by atoms with Gasteiger partial charge in [0.2, 0.25) is 5.88 Å². The second kappa shape index (κ2) is 6.29. The first-order chi connectivity index (χ1) is 10.3. The molecular formula is C13H6Cl3F3N2O. The Balaban J connectivity index is 2.64. The Morgan fingerprint density at radius 2 is 1.91 bits per heavy atom. The highest BCUT2D eigenvalue weighted by atomic mass is 35.5. The molecule has 1 aromatic carbocycles. The van der Waals surface area contributed by atoms with Crippen LogP contribution >= 0.6 is 34.8 Å². The van der Waals surface area contributed by atoms with Crippen LogP contribution in [0.15, 0.2) is 18.3 Å². The van der Waals surface area contributed by atoms with Crippen molar-refractivity contribution in [2.24, 2.45) is 0 Å². The Bertz CT molecular complexity index is 750. The molecule has 0 unspecified atom stereocenters. The minimum absolute atomic E-state index is 0.00667. The highest BCUT2D eigenvalue weighted by Gasteiger charge is 2.38. The third kappa shape index (κ3) is 3.12. The first-order valence-electron chi connectivity index (χ1n) is 5.62. The molecule has 0 saturated carbocycles. The summed E-state index contributed by atoms with van der Waals surface area (Å²) in [7, 11) is 0. The molecule has 22 heavy (non-hydrogen) atoms. The molecular weight excluding hydrogens is 364 g/mol. The molecule has 1 heterocycles. The van der Waals surface area contributed by atoms with Crippen molar-refractivity contribution in [2.75, 3.05) is 6.61 Å². The molecule has 2 aromatic rings. The third-order valence-corrected chi connectivity index (χ3v) is 3.85. The Labute approximate surface area is 138 Å². The van der Waals surface area contributed by atoms with Crippen LogP contribution in [-0.2, 0) is 6.18 Å². The maximum Gasteiger partial charge on any atom is 0.423 e. The molecule has 0 spiro atoms. The molecule has 0 aliphatic heterocycles. The zero-order chi connectivity index (χ0) is 16.5. The van der Waals surface area contributed by atoms with Gasteiger partial charge in [0.15, 0.2) is 6.61 Å². The van der Waals surface area contributed by atoms with Crippen molar-refractivity contribution in [2.45, 2.75) is 6.18 Å². The van der Waals surface area contributed by atoms with Crippen LogP contribution in [0.1, 0.15) is 5.56 Å². The maximum atomic E-state index is 13.0. The van der Waals surface area contributed by atoms with Gasteiger partial charge in [-0.15, -0.1) is 6.42 Å². The summed E-state index contributed by atoms with van der Waals surface area (Å²) in [6.07, 6.45) is 0.970. The normalized spacial score (nSPS) is 11.3. The molecule has 0 aliphatic carbocycles. The number of halogens is 6. The van der Waals surface area contributed by atoms with Crippen LogP contribution in [0.3, 0.4) is 0 Å². The van der Waals surface area contributed by atoms with Gasteiger partial charge in [-0.05, 0) is 12.1 Å². The molecule has 9 heteroatoms. The Kier molecular flexibility index (Phi) is 4.81. The van der Waals surface area contributed by atoms with E-state index in [9.17, 15) is 13.2 Å². The minimum Gasteiger partial charge on any atom is -0.464 e. The van der Waals surface area contributed by atoms with E-state index in [4.69, 9.17) is 46.0 Å². The van der Waals surface area contributed by atoms with E-state index in [1.54, 1.807) is 0 Å². The largest absolute Gasteiger partial charge is 0.464 e. The maximum absolute atomic E-state index is 13.0. The van der Waals surface area contributed by atoms with E-state index in [0.29, 0.717) is 6.20 Å². The SMILES string of the molecule is C#CCOc1c(C(F)(F)F)cnn1-c1ccc(Cl)c(Cl)c1Cl. The lowest BCUT2D eigenvalue weighted by atomic mass is 10.3. The highest BCUT2D eigenvalue weighted by Crippen LogP contribution is 2.40. The van der Waals surface area contributed by atoms with Crippen LogP contribution in [0.25, 0.3) is 5.69 Å². The predicted octanol–water partition coefficient (Wildman–Crippen LogP) is 4.86. The summed E-state index contributed by atoms with van der Waals surface area (Å²) in [6.45, 7) is -0.367. The summed E-state index contributed by atoms with van der Waals surface area (Å²) in [4.78, 5) is 0. The topological polar surface area (TPSA) is 27.1 Å². The molecule has 0 fully saturated rings. The zero-order valence-corrected chi connectivity index (χ0v) is 12.9. The molecule has 0 N–H and O–H groups in total.